The first-order chi connectivity index (χ1) is 12.6. The molecule has 2 aromatic rings. The molecule has 144 valence electrons. The largest absolute Gasteiger partial charge is 0.437 e. The van der Waals surface area contributed by atoms with Crippen LogP contribution >= 0.6 is 11.3 Å². The van der Waals surface area contributed by atoms with Crippen LogP contribution in [0, 0.1) is 11.7 Å². The van der Waals surface area contributed by atoms with Crippen LogP contribution in [0.15, 0.2) is 41.8 Å². The highest BCUT2D eigenvalue weighted by Crippen LogP contribution is 2.47. The predicted octanol–water partition coefficient (Wildman–Crippen LogP) is 3.33. The minimum atomic E-state index is -5.33. The van der Waals surface area contributed by atoms with Crippen LogP contribution in [-0.4, -0.2) is 40.8 Å². The number of nitrogens with one attached hydrogen (secondary N) is 1. The van der Waals surface area contributed by atoms with E-state index in [0.717, 1.165) is 30.5 Å². The second kappa shape index (κ2) is 6.61. The summed E-state index contributed by atoms with van der Waals surface area (Å²) in [6.45, 7) is 0. The zero-order chi connectivity index (χ0) is 20.0. The van der Waals surface area contributed by atoms with Crippen molar-refractivity contribution in [1.29, 1.82) is 0 Å². The number of halogens is 4. The monoisotopic (exact) mass is 402 g/mol. The number of thiophene rings is 1. The molecule has 0 bridgehead atoms. The molecule has 0 saturated carbocycles. The van der Waals surface area contributed by atoms with Gasteiger partial charge >= 0.3 is 12.2 Å². The van der Waals surface area contributed by atoms with Gasteiger partial charge in [0.1, 0.15) is 11.7 Å². The van der Waals surface area contributed by atoms with E-state index < -0.39 is 41.5 Å². The van der Waals surface area contributed by atoms with E-state index in [1.165, 1.54) is 29.6 Å². The molecule has 1 aliphatic heterocycles. The summed E-state index contributed by atoms with van der Waals surface area (Å²) in [5.74, 6) is -3.90. The van der Waals surface area contributed by atoms with Crippen molar-refractivity contribution in [1.82, 2.24) is 10.2 Å². The van der Waals surface area contributed by atoms with Crippen molar-refractivity contribution in [3.63, 3.8) is 0 Å². The fourth-order valence-corrected chi connectivity index (χ4v) is 3.86. The normalized spacial score (nSPS) is 26.0. The van der Waals surface area contributed by atoms with E-state index in [4.69, 9.17) is 0 Å². The van der Waals surface area contributed by atoms with E-state index in [1.807, 2.05) is 0 Å². The molecule has 2 N–H and O–H groups in total. The van der Waals surface area contributed by atoms with Gasteiger partial charge in [0.2, 0.25) is 0 Å². The highest BCUT2D eigenvalue weighted by atomic mass is 32.1. The van der Waals surface area contributed by atoms with Gasteiger partial charge in [-0.1, -0.05) is 18.2 Å². The van der Waals surface area contributed by atoms with Crippen molar-refractivity contribution in [2.45, 2.75) is 17.9 Å². The Morgan fingerprint density at radius 1 is 1.30 bits per heavy atom. The molecule has 3 rings (SSSR count). The van der Waals surface area contributed by atoms with Gasteiger partial charge in [-0.05, 0) is 29.1 Å². The van der Waals surface area contributed by atoms with Crippen molar-refractivity contribution < 1.29 is 32.3 Å². The van der Waals surface area contributed by atoms with Crippen LogP contribution in [0.5, 0.6) is 0 Å². The van der Waals surface area contributed by atoms with Crippen LogP contribution < -0.4 is 5.32 Å². The molecule has 1 aromatic carbocycles. The second-order valence-electron chi connectivity index (χ2n) is 6.08. The lowest BCUT2D eigenvalue weighted by atomic mass is 9.78. The smallest absolute Gasteiger partial charge is 0.363 e. The molecular weight excluding hydrogens is 388 g/mol. The summed E-state index contributed by atoms with van der Waals surface area (Å²) < 4.78 is 55.3. The topological polar surface area (TPSA) is 69.6 Å². The molecule has 2 heterocycles. The maximum Gasteiger partial charge on any atom is 0.437 e. The Kier molecular flexibility index (Phi) is 4.73. The number of aliphatic hydroxyl groups is 1. The van der Waals surface area contributed by atoms with Crippen molar-refractivity contribution in [3.05, 3.63) is 58.0 Å². The Morgan fingerprint density at radius 3 is 2.56 bits per heavy atom. The fraction of sp³-hybridized carbons (Fsp3) is 0.294. The number of alkyl halides is 3. The summed E-state index contributed by atoms with van der Waals surface area (Å²) in [7, 11) is 0.749. The number of carbonyl (C=O) groups is 2. The van der Waals surface area contributed by atoms with E-state index in [-0.39, 0.29) is 15.3 Å². The molecule has 1 aliphatic rings. The van der Waals surface area contributed by atoms with Gasteiger partial charge in [-0.3, -0.25) is 9.69 Å². The average Bonchev–Trinajstić information content (AvgIpc) is 3.12. The number of hydrogen-bond donors (Lipinski definition) is 2. The lowest BCUT2D eigenvalue weighted by Gasteiger charge is -2.49. The molecule has 0 spiro atoms. The number of benzene rings is 1. The number of Topliss-reactive ketones (excluding diaryl/α,β-unsaturated/α-hetero) is 1. The molecule has 10 heteroatoms. The quantitative estimate of drug-likeness (QED) is 0.611. The summed E-state index contributed by atoms with van der Waals surface area (Å²) in [5, 5.41) is 14.4. The fourth-order valence-electron chi connectivity index (χ4n) is 3.16. The van der Waals surface area contributed by atoms with Gasteiger partial charge in [-0.15, -0.1) is 11.3 Å². The van der Waals surface area contributed by atoms with E-state index in [1.54, 1.807) is 0 Å². The van der Waals surface area contributed by atoms with Crippen LogP contribution in [0.2, 0.25) is 0 Å². The van der Waals surface area contributed by atoms with Crippen LogP contribution in [0.25, 0.3) is 0 Å². The first-order valence-corrected chi connectivity index (χ1v) is 8.62. The van der Waals surface area contributed by atoms with Crippen LogP contribution in [0.3, 0.4) is 0 Å². The van der Waals surface area contributed by atoms with Crippen molar-refractivity contribution in [3.8, 4) is 0 Å². The maximum absolute atomic E-state index is 13.9. The van der Waals surface area contributed by atoms with E-state index in [2.05, 4.69) is 5.32 Å². The zero-order valence-electron chi connectivity index (χ0n) is 13.8. The summed E-state index contributed by atoms with van der Waals surface area (Å²) in [4.78, 5) is 25.1. The van der Waals surface area contributed by atoms with Gasteiger partial charge in [-0.2, -0.15) is 13.2 Å². The molecule has 2 amide bonds. The highest BCUT2D eigenvalue weighted by molar-refractivity contribution is 7.12. The highest BCUT2D eigenvalue weighted by Gasteiger charge is 2.69. The lowest BCUT2D eigenvalue weighted by Crippen LogP contribution is -2.72. The number of hydrogen-bond acceptors (Lipinski definition) is 4. The third-order valence-corrected chi connectivity index (χ3v) is 5.42. The first kappa shape index (κ1) is 19.3. The van der Waals surface area contributed by atoms with Crippen LogP contribution in [0.1, 0.15) is 21.3 Å². The summed E-state index contributed by atoms with van der Waals surface area (Å²) in [5.41, 5.74) is -3.83. The molecule has 27 heavy (non-hydrogen) atoms. The number of rotatable bonds is 3. The third-order valence-electron chi connectivity index (χ3n) is 4.53. The van der Waals surface area contributed by atoms with Crippen molar-refractivity contribution in [2.75, 3.05) is 7.05 Å². The van der Waals surface area contributed by atoms with Crippen molar-refractivity contribution in [2.24, 2.45) is 5.92 Å². The molecule has 5 nitrogen and oxygen atoms in total. The van der Waals surface area contributed by atoms with Gasteiger partial charge in [0.15, 0.2) is 5.78 Å². The minimum absolute atomic E-state index is 0.0198. The Hall–Kier alpha value is -2.46. The van der Waals surface area contributed by atoms with Gasteiger partial charge in [-0.25, -0.2) is 9.18 Å². The molecule has 3 atom stereocenters. The number of ketones is 1. The number of urea groups is 1. The Labute approximate surface area is 155 Å². The molecule has 0 radical (unpaired) electrons. The van der Waals surface area contributed by atoms with Gasteiger partial charge < -0.3 is 10.4 Å². The molecule has 1 aromatic heterocycles. The van der Waals surface area contributed by atoms with E-state index >= 15 is 0 Å². The van der Waals surface area contributed by atoms with E-state index in [0.29, 0.717) is 0 Å². The third kappa shape index (κ3) is 3.08. The van der Waals surface area contributed by atoms with Gasteiger partial charge in [0.25, 0.3) is 5.72 Å². The summed E-state index contributed by atoms with van der Waals surface area (Å²) in [6.07, 6.45) is -5.33. The van der Waals surface area contributed by atoms with E-state index in [9.17, 15) is 32.3 Å². The molecule has 1 saturated heterocycles. The number of nitrogens with zero attached hydrogens (tertiary/aromatic N) is 1. The molecule has 0 unspecified atom stereocenters. The second-order valence-corrected chi connectivity index (χ2v) is 7.03. The maximum atomic E-state index is 13.9. The first-order valence-electron chi connectivity index (χ1n) is 7.74. The van der Waals surface area contributed by atoms with Gasteiger partial charge in [0.05, 0.1) is 10.9 Å². The SMILES string of the molecule is CN1C(=O)N[C@@H](c2cccc(F)c2)[C@@H](C(=O)c2cccs2)[C@]1(O)C(F)(F)F. The predicted molar refractivity (Wildman–Crippen MR) is 88.6 cm³/mol. The minimum Gasteiger partial charge on any atom is -0.363 e. The van der Waals surface area contributed by atoms with Crippen molar-refractivity contribution >= 4 is 23.2 Å². The summed E-state index contributed by atoms with van der Waals surface area (Å²) >= 11 is 0.905. The molecule has 1 fully saturated rings. The van der Waals surface area contributed by atoms with Gasteiger partial charge in [0, 0.05) is 7.05 Å². The number of carbonyl (C=O) groups excluding carboxylic acids is 2. The molecule has 0 aliphatic carbocycles. The lowest BCUT2D eigenvalue weighted by molar-refractivity contribution is -0.322. The Bertz CT molecular complexity index is 871. The van der Waals surface area contributed by atoms with Crippen LogP contribution in [-0.2, 0) is 0 Å². The Balaban J connectivity index is 2.21. The summed E-state index contributed by atoms with van der Waals surface area (Å²) in [6, 6.07) is 4.51. The molecular formula is C17H14F4N2O3S. The standard InChI is InChI=1S/C17H14F4N2O3S/c1-23-15(25)22-13(9-4-2-5-10(18)8-9)12(16(23,26)17(19,20)21)14(24)11-6-3-7-27-11/h2-8,12-13,26H,1H3,(H,22,25)/t12-,13-,16-/m0/s1. The Morgan fingerprint density at radius 2 is 2.00 bits per heavy atom. The number of amides is 2. The average molecular weight is 402 g/mol. The zero-order valence-corrected chi connectivity index (χ0v) is 14.6. The van der Waals surface area contributed by atoms with Crippen LogP contribution in [0.4, 0.5) is 22.4 Å².